The fraction of sp³-hybridized carbons (Fsp3) is 1.00. The Balaban J connectivity index is 2.53. The third-order valence-electron chi connectivity index (χ3n) is 1.82. The Hall–Kier alpha value is -0.200. The average Bonchev–Trinajstić information content (AvgIpc) is 2.30. The first-order valence-corrected chi connectivity index (χ1v) is 3.44. The van der Waals surface area contributed by atoms with Crippen molar-refractivity contribution in [2.45, 2.75) is 24.4 Å². The largest absolute Gasteiger partial charge is 0.394 e. The van der Waals surface area contributed by atoms with Crippen LogP contribution in [0.4, 0.5) is 0 Å². The number of ether oxygens (including phenoxy) is 1. The van der Waals surface area contributed by atoms with E-state index in [-0.39, 0.29) is 13.2 Å². The Kier molecular flexibility index (Phi) is 2.80. The minimum Gasteiger partial charge on any atom is -0.394 e. The van der Waals surface area contributed by atoms with E-state index in [1.165, 1.54) is 0 Å². The maximum Gasteiger partial charge on any atom is 0.111 e. The van der Waals surface area contributed by atoms with Gasteiger partial charge in [-0.05, 0) is 0 Å². The molecular weight excluding hydrogens is 152 g/mol. The molecule has 1 aliphatic heterocycles. The highest BCUT2D eigenvalue weighted by Crippen LogP contribution is 2.20. The predicted octanol–water partition coefficient (Wildman–Crippen LogP) is -2.54. The summed E-state index contributed by atoms with van der Waals surface area (Å²) >= 11 is 0. The third-order valence-corrected chi connectivity index (χ3v) is 1.82. The summed E-state index contributed by atoms with van der Waals surface area (Å²) in [6, 6.07) is 0. The van der Waals surface area contributed by atoms with Gasteiger partial charge in [-0.2, -0.15) is 0 Å². The summed E-state index contributed by atoms with van der Waals surface area (Å²) in [6.07, 6.45) is -3.75. The summed E-state index contributed by atoms with van der Waals surface area (Å²) in [5.74, 6) is 0. The number of aliphatic hydroxyl groups excluding tert-OH is 4. The molecule has 5 heteroatoms. The first-order valence-electron chi connectivity index (χ1n) is 3.44. The van der Waals surface area contributed by atoms with Gasteiger partial charge in [0.2, 0.25) is 0 Å². The van der Waals surface area contributed by atoms with E-state index in [0.717, 1.165) is 0 Å². The Morgan fingerprint density at radius 2 is 1.27 bits per heavy atom. The molecule has 1 saturated heterocycles. The smallest absolute Gasteiger partial charge is 0.111 e. The van der Waals surface area contributed by atoms with Crippen LogP contribution in [0.2, 0.25) is 0 Å². The molecule has 1 heterocycles. The van der Waals surface area contributed by atoms with Crippen molar-refractivity contribution in [3.05, 3.63) is 0 Å². The van der Waals surface area contributed by atoms with Gasteiger partial charge in [0.25, 0.3) is 0 Å². The first-order chi connectivity index (χ1) is 5.20. The molecule has 1 rings (SSSR count). The van der Waals surface area contributed by atoms with Crippen molar-refractivity contribution in [1.82, 2.24) is 0 Å². The molecule has 3 unspecified atom stereocenters. The van der Waals surface area contributed by atoms with E-state index in [4.69, 9.17) is 25.2 Å². The van der Waals surface area contributed by atoms with Gasteiger partial charge in [0.15, 0.2) is 0 Å². The first kappa shape index (κ1) is 8.89. The van der Waals surface area contributed by atoms with Crippen molar-refractivity contribution in [2.24, 2.45) is 0 Å². The molecule has 0 radical (unpaired) electrons. The maximum atomic E-state index is 9.11. The van der Waals surface area contributed by atoms with Crippen LogP contribution in [0, 0.1) is 0 Å². The molecule has 4 N–H and O–H groups in total. The fourth-order valence-electron chi connectivity index (χ4n) is 1.13. The summed E-state index contributed by atoms with van der Waals surface area (Å²) in [5.41, 5.74) is 0. The molecule has 0 amide bonds. The predicted molar refractivity (Wildman–Crippen MR) is 34.8 cm³/mol. The second-order valence-corrected chi connectivity index (χ2v) is 2.56. The van der Waals surface area contributed by atoms with Crippen LogP contribution in [0.1, 0.15) is 0 Å². The molecule has 66 valence electrons. The second kappa shape index (κ2) is 3.46. The Morgan fingerprint density at radius 1 is 0.909 bits per heavy atom. The Bertz CT molecular complexity index is 110. The van der Waals surface area contributed by atoms with E-state index in [1.54, 1.807) is 0 Å². The topological polar surface area (TPSA) is 90.2 Å². The van der Waals surface area contributed by atoms with Crippen LogP contribution in [0.15, 0.2) is 0 Å². The van der Waals surface area contributed by atoms with Crippen molar-refractivity contribution >= 4 is 0 Å². The highest BCUT2D eigenvalue weighted by atomic mass is 16.6. The van der Waals surface area contributed by atoms with Crippen LogP contribution in [0.25, 0.3) is 0 Å². The van der Waals surface area contributed by atoms with E-state index in [9.17, 15) is 0 Å². The number of hydrogen-bond donors (Lipinski definition) is 4. The van der Waals surface area contributed by atoms with Gasteiger partial charge in [0, 0.05) is 0 Å². The lowest BCUT2D eigenvalue weighted by molar-refractivity contribution is -0.0395. The second-order valence-electron chi connectivity index (χ2n) is 2.56. The van der Waals surface area contributed by atoms with Gasteiger partial charge >= 0.3 is 0 Å². The monoisotopic (exact) mass is 164 g/mol. The van der Waals surface area contributed by atoms with Gasteiger partial charge in [0.05, 0.1) is 13.2 Å². The molecule has 0 saturated carbocycles. The summed E-state index contributed by atoms with van der Waals surface area (Å²) in [4.78, 5) is 0. The summed E-state index contributed by atoms with van der Waals surface area (Å²) < 4.78 is 4.88. The minimum absolute atomic E-state index is 0.352. The molecule has 1 aliphatic rings. The molecule has 1 fully saturated rings. The Morgan fingerprint density at radius 3 is 1.45 bits per heavy atom. The Labute approximate surface area is 63.8 Å². The van der Waals surface area contributed by atoms with E-state index >= 15 is 0 Å². The molecule has 0 aromatic heterocycles. The van der Waals surface area contributed by atoms with Gasteiger partial charge < -0.3 is 25.2 Å². The standard InChI is InChI=1S/C6H12O5/c7-1-3-5(9)6(10)4(2-8)11-3/h3-10H,1-2H2/t3?,4?,5-,6?/m1/s1. The molecule has 4 atom stereocenters. The van der Waals surface area contributed by atoms with E-state index in [2.05, 4.69) is 0 Å². The lowest BCUT2D eigenvalue weighted by Gasteiger charge is -2.10. The van der Waals surface area contributed by atoms with Crippen LogP contribution < -0.4 is 0 Å². The van der Waals surface area contributed by atoms with Crippen molar-refractivity contribution in [3.8, 4) is 0 Å². The zero-order chi connectivity index (χ0) is 8.43. The summed E-state index contributed by atoms with van der Waals surface area (Å²) in [7, 11) is 0. The highest BCUT2D eigenvalue weighted by molar-refractivity contribution is 4.89. The lowest BCUT2D eigenvalue weighted by atomic mass is 10.1. The third kappa shape index (κ3) is 1.52. The number of hydrogen-bond acceptors (Lipinski definition) is 5. The van der Waals surface area contributed by atoms with Gasteiger partial charge in [-0.15, -0.1) is 0 Å². The van der Waals surface area contributed by atoms with E-state index in [0.29, 0.717) is 0 Å². The maximum absolute atomic E-state index is 9.11. The quantitative estimate of drug-likeness (QED) is 0.361. The highest BCUT2D eigenvalue weighted by Gasteiger charge is 2.41. The molecule has 0 aromatic carbocycles. The van der Waals surface area contributed by atoms with Gasteiger partial charge in [-0.1, -0.05) is 0 Å². The lowest BCUT2D eigenvalue weighted by Crippen LogP contribution is -2.34. The van der Waals surface area contributed by atoms with Crippen LogP contribution in [0.3, 0.4) is 0 Å². The normalized spacial score (nSPS) is 44.7. The van der Waals surface area contributed by atoms with Crippen molar-refractivity contribution < 1.29 is 25.2 Å². The zero-order valence-corrected chi connectivity index (χ0v) is 5.92. The average molecular weight is 164 g/mol. The molecule has 0 spiro atoms. The van der Waals surface area contributed by atoms with Crippen LogP contribution in [-0.4, -0.2) is 58.1 Å². The molecular formula is C6H12O5. The van der Waals surface area contributed by atoms with Gasteiger partial charge in [-0.25, -0.2) is 0 Å². The zero-order valence-electron chi connectivity index (χ0n) is 5.92. The van der Waals surface area contributed by atoms with E-state index in [1.807, 2.05) is 0 Å². The minimum atomic E-state index is -1.10. The van der Waals surface area contributed by atoms with Crippen molar-refractivity contribution in [3.63, 3.8) is 0 Å². The molecule has 11 heavy (non-hydrogen) atoms. The number of rotatable bonds is 2. The summed E-state index contributed by atoms with van der Waals surface area (Å²) in [6.45, 7) is -0.705. The van der Waals surface area contributed by atoms with E-state index < -0.39 is 24.4 Å². The molecule has 5 nitrogen and oxygen atoms in total. The van der Waals surface area contributed by atoms with Gasteiger partial charge in [0.1, 0.15) is 24.4 Å². The molecule has 0 bridgehead atoms. The van der Waals surface area contributed by atoms with Gasteiger partial charge in [-0.3, -0.25) is 0 Å². The number of aliphatic hydroxyl groups is 4. The summed E-state index contributed by atoms with van der Waals surface area (Å²) in [5, 5.41) is 35.4. The van der Waals surface area contributed by atoms with Crippen molar-refractivity contribution in [2.75, 3.05) is 13.2 Å². The fourth-order valence-corrected chi connectivity index (χ4v) is 1.13. The van der Waals surface area contributed by atoms with Crippen LogP contribution in [0.5, 0.6) is 0 Å². The molecule has 0 aliphatic carbocycles. The SMILES string of the molecule is OCC1OC(CO)[C@@H](O)C1O. The van der Waals surface area contributed by atoms with Crippen LogP contribution >= 0.6 is 0 Å². The van der Waals surface area contributed by atoms with Crippen LogP contribution in [-0.2, 0) is 4.74 Å². The molecule has 0 aromatic rings. The van der Waals surface area contributed by atoms with Crippen molar-refractivity contribution in [1.29, 1.82) is 0 Å².